The van der Waals surface area contributed by atoms with Gasteiger partial charge in [-0.1, -0.05) is 18.6 Å². The van der Waals surface area contributed by atoms with Crippen LogP contribution in [0.4, 0.5) is 0 Å². The Hall–Kier alpha value is -1.39. The molecule has 2 aliphatic rings. The summed E-state index contributed by atoms with van der Waals surface area (Å²) in [5.41, 5.74) is 1.58. The molecule has 2 saturated heterocycles. The van der Waals surface area contributed by atoms with E-state index in [2.05, 4.69) is 9.80 Å². The quantitative estimate of drug-likeness (QED) is 0.929. The van der Waals surface area contributed by atoms with Gasteiger partial charge in [-0.2, -0.15) is 0 Å². The second-order valence-electron chi connectivity index (χ2n) is 6.63. The highest BCUT2D eigenvalue weighted by molar-refractivity contribution is 5.87. The zero-order chi connectivity index (χ0) is 15.4. The molecule has 4 heteroatoms. The van der Waals surface area contributed by atoms with E-state index in [0.29, 0.717) is 11.6 Å². The maximum atomic E-state index is 10.9. The number of carbonyl (C=O) groups is 1. The summed E-state index contributed by atoms with van der Waals surface area (Å²) in [6.45, 7) is 5.79. The summed E-state index contributed by atoms with van der Waals surface area (Å²) < 4.78 is 0. The average molecular weight is 302 g/mol. The van der Waals surface area contributed by atoms with Crippen LogP contribution in [-0.2, 0) is 6.54 Å². The molecule has 22 heavy (non-hydrogen) atoms. The predicted octanol–water partition coefficient (Wildman–Crippen LogP) is 2.84. The van der Waals surface area contributed by atoms with Crippen molar-refractivity contribution in [2.75, 3.05) is 26.2 Å². The van der Waals surface area contributed by atoms with E-state index in [1.54, 1.807) is 12.1 Å². The van der Waals surface area contributed by atoms with Crippen molar-refractivity contribution in [2.24, 2.45) is 0 Å². The van der Waals surface area contributed by atoms with Crippen LogP contribution in [0.15, 0.2) is 24.3 Å². The summed E-state index contributed by atoms with van der Waals surface area (Å²) in [4.78, 5) is 16.1. The van der Waals surface area contributed by atoms with Gasteiger partial charge in [-0.15, -0.1) is 0 Å². The van der Waals surface area contributed by atoms with Gasteiger partial charge >= 0.3 is 5.97 Å². The smallest absolute Gasteiger partial charge is 0.335 e. The summed E-state index contributed by atoms with van der Waals surface area (Å²) in [6.07, 6.45) is 6.64. The first-order valence-electron chi connectivity index (χ1n) is 8.51. The number of hydrogen-bond acceptors (Lipinski definition) is 3. The summed E-state index contributed by atoms with van der Waals surface area (Å²) in [5.74, 6) is -0.851. The molecule has 2 heterocycles. The molecule has 4 nitrogen and oxygen atoms in total. The Kier molecular flexibility index (Phi) is 5.11. The molecule has 1 aromatic rings. The predicted molar refractivity (Wildman–Crippen MR) is 87.1 cm³/mol. The van der Waals surface area contributed by atoms with Crippen LogP contribution in [0, 0.1) is 0 Å². The average Bonchev–Trinajstić information content (AvgIpc) is 2.95. The lowest BCUT2D eigenvalue weighted by Crippen LogP contribution is -2.41. The molecule has 3 rings (SSSR count). The van der Waals surface area contributed by atoms with Crippen molar-refractivity contribution in [3.8, 4) is 0 Å². The van der Waals surface area contributed by atoms with Crippen LogP contribution in [0.3, 0.4) is 0 Å². The van der Waals surface area contributed by atoms with Gasteiger partial charge in [-0.3, -0.25) is 9.80 Å². The first kappa shape index (κ1) is 15.5. The van der Waals surface area contributed by atoms with E-state index >= 15 is 0 Å². The number of benzene rings is 1. The van der Waals surface area contributed by atoms with Gasteiger partial charge in [0.15, 0.2) is 0 Å². The van der Waals surface area contributed by atoms with E-state index in [1.807, 2.05) is 12.1 Å². The van der Waals surface area contributed by atoms with Crippen molar-refractivity contribution in [3.05, 3.63) is 35.4 Å². The molecule has 120 valence electrons. The Bertz CT molecular complexity index is 494. The fraction of sp³-hybridized carbons (Fsp3) is 0.611. The van der Waals surface area contributed by atoms with Crippen molar-refractivity contribution >= 4 is 5.97 Å². The molecule has 0 bridgehead atoms. The topological polar surface area (TPSA) is 43.8 Å². The lowest BCUT2D eigenvalue weighted by molar-refractivity contribution is 0.0697. The number of carboxylic acid groups (broad SMARTS) is 1. The van der Waals surface area contributed by atoms with Crippen molar-refractivity contribution in [1.82, 2.24) is 9.80 Å². The normalized spacial score (nSPS) is 24.3. The van der Waals surface area contributed by atoms with Gasteiger partial charge in [-0.05, 0) is 63.0 Å². The highest BCUT2D eigenvalue weighted by atomic mass is 16.4. The molecule has 2 fully saturated rings. The fourth-order valence-corrected chi connectivity index (χ4v) is 3.76. The number of rotatable bonds is 4. The van der Waals surface area contributed by atoms with Gasteiger partial charge in [0.2, 0.25) is 0 Å². The van der Waals surface area contributed by atoms with Gasteiger partial charge < -0.3 is 5.11 Å². The fourth-order valence-electron chi connectivity index (χ4n) is 3.76. The minimum absolute atomic E-state index is 0.370. The Labute approximate surface area is 132 Å². The second kappa shape index (κ2) is 7.25. The lowest BCUT2D eigenvalue weighted by Gasteiger charge is -2.30. The maximum Gasteiger partial charge on any atom is 0.335 e. The van der Waals surface area contributed by atoms with E-state index in [0.717, 1.165) is 19.6 Å². The van der Waals surface area contributed by atoms with Crippen LogP contribution in [0.1, 0.15) is 48.0 Å². The van der Waals surface area contributed by atoms with Gasteiger partial charge in [0.05, 0.1) is 5.56 Å². The van der Waals surface area contributed by atoms with Crippen LogP contribution < -0.4 is 0 Å². The zero-order valence-corrected chi connectivity index (χ0v) is 13.2. The molecule has 0 aromatic heterocycles. The molecule has 2 aliphatic heterocycles. The zero-order valence-electron chi connectivity index (χ0n) is 13.2. The highest BCUT2D eigenvalue weighted by Crippen LogP contribution is 2.21. The first-order valence-corrected chi connectivity index (χ1v) is 8.51. The maximum absolute atomic E-state index is 10.9. The Morgan fingerprint density at radius 2 is 1.73 bits per heavy atom. The van der Waals surface area contributed by atoms with E-state index in [1.165, 1.54) is 50.8 Å². The van der Waals surface area contributed by atoms with Gasteiger partial charge in [-0.25, -0.2) is 4.79 Å². The number of aromatic carboxylic acids is 1. The lowest BCUT2D eigenvalue weighted by atomic mass is 10.1. The third-order valence-electron chi connectivity index (χ3n) is 4.99. The molecule has 0 amide bonds. The molecule has 0 spiro atoms. The number of hydrogen-bond donors (Lipinski definition) is 1. The highest BCUT2D eigenvalue weighted by Gasteiger charge is 2.25. The monoisotopic (exact) mass is 302 g/mol. The van der Waals surface area contributed by atoms with Crippen molar-refractivity contribution < 1.29 is 9.90 Å². The molecule has 1 atom stereocenters. The van der Waals surface area contributed by atoms with Gasteiger partial charge in [0.25, 0.3) is 0 Å². The second-order valence-corrected chi connectivity index (χ2v) is 6.63. The molecular formula is C18H26N2O2. The first-order chi connectivity index (χ1) is 10.7. The van der Waals surface area contributed by atoms with Crippen molar-refractivity contribution in [2.45, 2.75) is 44.7 Å². The summed E-state index contributed by atoms with van der Waals surface area (Å²) in [5, 5.41) is 8.97. The van der Waals surface area contributed by atoms with Crippen LogP contribution >= 0.6 is 0 Å². The molecule has 0 saturated carbocycles. The minimum atomic E-state index is -0.851. The Balaban J connectivity index is 1.61. The molecule has 1 aromatic carbocycles. The molecule has 1 N–H and O–H groups in total. The van der Waals surface area contributed by atoms with E-state index < -0.39 is 5.97 Å². The molecule has 0 aliphatic carbocycles. The SMILES string of the molecule is O=C(O)c1ccc(CN2CCCCC(N3CCCC3)C2)cc1. The standard InChI is InChI=1S/C18H26N2O2/c21-18(22)16-8-6-15(7-9-16)13-19-10-2-1-5-17(14-19)20-11-3-4-12-20/h6-9,17H,1-5,10-14H2,(H,21,22). The summed E-state index contributed by atoms with van der Waals surface area (Å²) in [6, 6.07) is 8.06. The summed E-state index contributed by atoms with van der Waals surface area (Å²) in [7, 11) is 0. The van der Waals surface area contributed by atoms with Crippen LogP contribution in [0.25, 0.3) is 0 Å². The van der Waals surface area contributed by atoms with Gasteiger partial charge in [0, 0.05) is 19.1 Å². The van der Waals surface area contributed by atoms with E-state index in [-0.39, 0.29) is 0 Å². The van der Waals surface area contributed by atoms with E-state index in [4.69, 9.17) is 5.11 Å². The number of likely N-dealkylation sites (tertiary alicyclic amines) is 2. The third kappa shape index (κ3) is 3.87. The van der Waals surface area contributed by atoms with Crippen molar-refractivity contribution in [3.63, 3.8) is 0 Å². The van der Waals surface area contributed by atoms with E-state index in [9.17, 15) is 4.79 Å². The minimum Gasteiger partial charge on any atom is -0.478 e. The molecular weight excluding hydrogens is 276 g/mol. The summed E-state index contributed by atoms with van der Waals surface area (Å²) >= 11 is 0. The van der Waals surface area contributed by atoms with Gasteiger partial charge in [0.1, 0.15) is 0 Å². The van der Waals surface area contributed by atoms with Crippen molar-refractivity contribution in [1.29, 1.82) is 0 Å². The number of carboxylic acids is 1. The van der Waals surface area contributed by atoms with Crippen LogP contribution in [-0.4, -0.2) is 53.1 Å². The Morgan fingerprint density at radius 1 is 1.05 bits per heavy atom. The number of nitrogens with zero attached hydrogens (tertiary/aromatic N) is 2. The largest absolute Gasteiger partial charge is 0.478 e. The van der Waals surface area contributed by atoms with Crippen LogP contribution in [0.2, 0.25) is 0 Å². The van der Waals surface area contributed by atoms with Crippen LogP contribution in [0.5, 0.6) is 0 Å². The molecule has 1 unspecified atom stereocenters. The Morgan fingerprint density at radius 3 is 2.41 bits per heavy atom. The molecule has 0 radical (unpaired) electrons. The third-order valence-corrected chi connectivity index (χ3v) is 4.99.